The molecule has 0 unspecified atom stereocenters. The Morgan fingerprint density at radius 3 is 1.30 bits per heavy atom. The zero-order valence-electron chi connectivity index (χ0n) is 40.4. The van der Waals surface area contributed by atoms with Crippen LogP contribution < -0.4 is 16.7 Å². The number of thiophene rings is 1. The fourth-order valence-electron chi connectivity index (χ4n) is 8.76. The predicted molar refractivity (Wildman–Crippen MR) is 293 cm³/mol. The molecule has 12 aromatic rings. The van der Waals surface area contributed by atoms with E-state index in [0.29, 0.717) is 36.7 Å². The normalized spacial score (nSPS) is 11.0. The number of pyridine rings is 1. The first kappa shape index (κ1) is 47.5. The van der Waals surface area contributed by atoms with Crippen molar-refractivity contribution < 1.29 is 4.42 Å². The van der Waals surface area contributed by atoms with Crippen LogP contribution in [0.5, 0.6) is 0 Å². The third-order valence-electron chi connectivity index (χ3n) is 12.3. The molecule has 0 N–H and O–H groups in total. The lowest BCUT2D eigenvalue weighted by Gasteiger charge is -2.12. The van der Waals surface area contributed by atoms with E-state index < -0.39 is 0 Å². The number of nitrogens with zero attached hydrogens (tertiary/aromatic N) is 7. The summed E-state index contributed by atoms with van der Waals surface area (Å²) in [6, 6.07) is 60.3. The number of aromatic nitrogens is 7. The van der Waals surface area contributed by atoms with E-state index in [1.165, 1.54) is 0 Å². The van der Waals surface area contributed by atoms with E-state index in [9.17, 15) is 14.4 Å². The lowest BCUT2D eigenvalue weighted by Crippen LogP contribution is -2.24. The molecule has 6 heterocycles. The minimum atomic E-state index is -0.115. The molecule has 0 spiro atoms. The highest BCUT2D eigenvalue weighted by molar-refractivity contribution is 7.09. The third-order valence-corrected chi connectivity index (χ3v) is 13.1. The standard InChI is InChI=1S/C21H17N3O.C20H16N2O2.C20H16N2OS/c1-15-7-6-8-16(13-15)20-21(25)24(14-17-9-4-5-12-22-17)19-11-3-2-10-18(19)23-20;2*1-14-6-4-7-15(12-14)19-20(23)22(13-16-8-5-11-24-16)18-10-3-2-9-17(18)21-19/h2-13H,14H2,1H3;2*2-12H,13H2,1H3. The Morgan fingerprint density at radius 1 is 0.438 bits per heavy atom. The molecule has 0 saturated heterocycles. The van der Waals surface area contributed by atoms with Crippen LogP contribution in [0.3, 0.4) is 0 Å². The quantitative estimate of drug-likeness (QED) is 0.140. The van der Waals surface area contributed by atoms with Gasteiger partial charge in [-0.2, -0.15) is 0 Å². The highest BCUT2D eigenvalue weighted by Crippen LogP contribution is 2.23. The van der Waals surface area contributed by atoms with Crippen LogP contribution in [0.4, 0.5) is 0 Å². The largest absolute Gasteiger partial charge is 0.467 e. The van der Waals surface area contributed by atoms with Crippen molar-refractivity contribution in [2.45, 2.75) is 40.4 Å². The van der Waals surface area contributed by atoms with Crippen LogP contribution in [0.15, 0.2) is 225 Å². The number of aryl methyl sites for hydroxylation is 3. The molecular formula is C61H49N7O4S. The fraction of sp³-hybridized carbons (Fsp3) is 0.0984. The van der Waals surface area contributed by atoms with Crippen molar-refractivity contribution in [1.29, 1.82) is 0 Å². The highest BCUT2D eigenvalue weighted by atomic mass is 32.1. The maximum atomic E-state index is 13.2. The summed E-state index contributed by atoms with van der Waals surface area (Å²) in [6.45, 7) is 7.41. The second kappa shape index (κ2) is 21.5. The average molecular weight is 976 g/mol. The second-order valence-electron chi connectivity index (χ2n) is 17.6. The van der Waals surface area contributed by atoms with Gasteiger partial charge < -0.3 is 4.42 Å². The molecule has 73 heavy (non-hydrogen) atoms. The van der Waals surface area contributed by atoms with Gasteiger partial charge in [-0.05, 0) is 111 Å². The van der Waals surface area contributed by atoms with Gasteiger partial charge in [-0.25, -0.2) is 15.0 Å². The minimum Gasteiger partial charge on any atom is -0.467 e. The minimum absolute atomic E-state index is 0.0484. The van der Waals surface area contributed by atoms with Crippen LogP contribution in [0, 0.1) is 20.8 Å². The first-order valence-electron chi connectivity index (χ1n) is 23.8. The first-order valence-corrected chi connectivity index (χ1v) is 24.7. The molecule has 0 amide bonds. The molecule has 12 heteroatoms. The maximum absolute atomic E-state index is 13.2. The van der Waals surface area contributed by atoms with Crippen molar-refractivity contribution in [2.75, 3.05) is 0 Å². The van der Waals surface area contributed by atoms with Gasteiger partial charge in [0.2, 0.25) is 0 Å². The van der Waals surface area contributed by atoms with Crippen molar-refractivity contribution in [3.8, 4) is 33.8 Å². The Balaban J connectivity index is 0.000000126. The summed E-state index contributed by atoms with van der Waals surface area (Å²) in [4.78, 5) is 58.8. The van der Waals surface area contributed by atoms with Crippen molar-refractivity contribution in [3.63, 3.8) is 0 Å². The van der Waals surface area contributed by atoms with Gasteiger partial charge in [0.25, 0.3) is 16.7 Å². The van der Waals surface area contributed by atoms with E-state index in [0.717, 1.165) is 82.8 Å². The van der Waals surface area contributed by atoms with E-state index in [1.54, 1.807) is 32.9 Å². The Morgan fingerprint density at radius 2 is 0.890 bits per heavy atom. The number of furan rings is 1. The molecule has 6 aromatic heterocycles. The van der Waals surface area contributed by atoms with Crippen LogP contribution >= 0.6 is 11.3 Å². The van der Waals surface area contributed by atoms with Gasteiger partial charge in [-0.1, -0.05) is 120 Å². The predicted octanol–water partition coefficient (Wildman–Crippen LogP) is 12.3. The molecule has 358 valence electrons. The Labute approximate surface area is 424 Å². The highest BCUT2D eigenvalue weighted by Gasteiger charge is 2.17. The summed E-state index contributed by atoms with van der Waals surface area (Å²) in [6.07, 6.45) is 3.36. The third kappa shape index (κ3) is 10.7. The van der Waals surface area contributed by atoms with Gasteiger partial charge in [0.05, 0.1) is 64.7 Å². The summed E-state index contributed by atoms with van der Waals surface area (Å²) < 4.78 is 10.7. The SMILES string of the molecule is Cc1cccc(-c2nc3ccccc3n(Cc3ccccn3)c2=O)c1.Cc1cccc(-c2nc3ccccc3n(Cc3ccco3)c2=O)c1.Cc1cccc(-c2nc3ccccc3n(Cc3cccs3)c2=O)c1. The topological polar surface area (TPSA) is 131 Å². The molecule has 0 saturated carbocycles. The van der Waals surface area contributed by atoms with Crippen LogP contribution in [0.1, 0.15) is 33.0 Å². The van der Waals surface area contributed by atoms with Gasteiger partial charge in [-0.15, -0.1) is 11.3 Å². The van der Waals surface area contributed by atoms with Crippen molar-refractivity contribution in [1.82, 2.24) is 33.6 Å². The van der Waals surface area contributed by atoms with E-state index in [1.807, 2.05) is 213 Å². The van der Waals surface area contributed by atoms with E-state index >= 15 is 0 Å². The molecule has 0 bridgehead atoms. The lowest BCUT2D eigenvalue weighted by molar-refractivity contribution is 0.493. The molecule has 0 aliphatic carbocycles. The number of hydrogen-bond acceptors (Lipinski definition) is 9. The molecule has 0 fully saturated rings. The van der Waals surface area contributed by atoms with E-state index in [-0.39, 0.29) is 16.7 Å². The number of hydrogen-bond donors (Lipinski definition) is 0. The van der Waals surface area contributed by atoms with Gasteiger partial charge in [0, 0.05) is 27.8 Å². The van der Waals surface area contributed by atoms with Crippen molar-refractivity contribution in [2.24, 2.45) is 0 Å². The van der Waals surface area contributed by atoms with Gasteiger partial charge in [0.1, 0.15) is 22.8 Å². The number of fused-ring (bicyclic) bond motifs is 3. The summed E-state index contributed by atoms with van der Waals surface area (Å²) >= 11 is 1.66. The van der Waals surface area contributed by atoms with Gasteiger partial charge in [0.15, 0.2) is 0 Å². The van der Waals surface area contributed by atoms with Gasteiger partial charge >= 0.3 is 0 Å². The number of para-hydroxylation sites is 6. The summed E-state index contributed by atoms with van der Waals surface area (Å²) in [7, 11) is 0. The zero-order valence-corrected chi connectivity index (χ0v) is 41.2. The van der Waals surface area contributed by atoms with Crippen LogP contribution in [-0.4, -0.2) is 33.6 Å². The Bertz CT molecular complexity index is 3900. The second-order valence-corrected chi connectivity index (χ2v) is 18.6. The fourth-order valence-corrected chi connectivity index (χ4v) is 9.45. The number of rotatable bonds is 9. The smallest absolute Gasteiger partial charge is 0.278 e. The average Bonchev–Trinajstić information content (AvgIpc) is 4.15. The van der Waals surface area contributed by atoms with Crippen LogP contribution in [0.25, 0.3) is 66.9 Å². The summed E-state index contributed by atoms with van der Waals surface area (Å²) in [5.74, 6) is 0.739. The Hall–Kier alpha value is -9.13. The summed E-state index contributed by atoms with van der Waals surface area (Å²) in [5.41, 5.74) is 12.8. The molecule has 11 nitrogen and oxygen atoms in total. The molecule has 0 atom stereocenters. The van der Waals surface area contributed by atoms with Crippen molar-refractivity contribution in [3.05, 3.63) is 270 Å². The number of benzene rings is 6. The van der Waals surface area contributed by atoms with Gasteiger partial charge in [-0.3, -0.25) is 33.1 Å². The van der Waals surface area contributed by atoms with E-state index in [2.05, 4.69) is 26.0 Å². The monoisotopic (exact) mass is 975 g/mol. The van der Waals surface area contributed by atoms with Crippen LogP contribution in [-0.2, 0) is 19.6 Å². The van der Waals surface area contributed by atoms with Crippen molar-refractivity contribution >= 4 is 44.4 Å². The van der Waals surface area contributed by atoms with Crippen LogP contribution in [0.2, 0.25) is 0 Å². The summed E-state index contributed by atoms with van der Waals surface area (Å²) in [5, 5.41) is 2.03. The molecule has 0 radical (unpaired) electrons. The molecular weight excluding hydrogens is 927 g/mol. The molecule has 6 aromatic carbocycles. The zero-order chi connectivity index (χ0) is 50.3. The molecule has 12 rings (SSSR count). The molecule has 0 aliphatic rings. The lowest BCUT2D eigenvalue weighted by atomic mass is 10.1. The Kier molecular flexibility index (Phi) is 14.0. The first-order chi connectivity index (χ1) is 35.7. The van der Waals surface area contributed by atoms with E-state index in [4.69, 9.17) is 4.42 Å². The molecule has 0 aliphatic heterocycles. The maximum Gasteiger partial charge on any atom is 0.278 e.